The van der Waals surface area contributed by atoms with Crippen LogP contribution in [-0.4, -0.2) is 10.4 Å². The number of hydrogen-bond donors (Lipinski definition) is 0. The lowest BCUT2D eigenvalue weighted by atomic mass is 10.1. The molecule has 0 spiro atoms. The second-order valence-corrected chi connectivity index (χ2v) is 7.12. The average molecular weight is 452 g/mol. The molecule has 1 aliphatic rings. The fourth-order valence-corrected chi connectivity index (χ4v) is 3.63. The zero-order chi connectivity index (χ0) is 17.4. The Hall–Kier alpha value is -1.62. The summed E-state index contributed by atoms with van der Waals surface area (Å²) in [5.74, 6) is 1.29. The van der Waals surface area contributed by atoms with Crippen molar-refractivity contribution in [2.45, 2.75) is 25.9 Å². The molecule has 0 saturated carbocycles. The number of halogens is 3. The molecule has 0 bridgehead atoms. The summed E-state index contributed by atoms with van der Waals surface area (Å²) in [6.07, 6.45) is 4.17. The number of rotatable bonds is 4. The van der Waals surface area contributed by atoms with Crippen LogP contribution in [0.1, 0.15) is 22.6 Å². The van der Waals surface area contributed by atoms with Crippen LogP contribution in [0.5, 0.6) is 0 Å². The summed E-state index contributed by atoms with van der Waals surface area (Å²) in [7, 11) is 0. The summed E-state index contributed by atoms with van der Waals surface area (Å²) < 4.78 is 4.38. The van der Waals surface area contributed by atoms with Crippen LogP contribution in [0.3, 0.4) is 0 Å². The quantitative estimate of drug-likeness (QED) is 0.437. The number of aromatic nitrogens is 2. The van der Waals surface area contributed by atoms with Crippen LogP contribution in [0.4, 0.5) is 0 Å². The molecule has 0 saturated heterocycles. The van der Waals surface area contributed by atoms with Crippen LogP contribution in [0.2, 0.25) is 10.0 Å². The molecule has 0 N–H and O–H groups in total. The Morgan fingerprint density at radius 2 is 1.62 bits per heavy atom. The minimum Gasteiger partial charge on any atom is -1.00 e. The molecule has 0 amide bonds. The van der Waals surface area contributed by atoms with Gasteiger partial charge >= 0.3 is 0 Å². The molecule has 1 aromatic heterocycles. The Morgan fingerprint density at radius 3 is 2.27 bits per heavy atom. The van der Waals surface area contributed by atoms with Crippen molar-refractivity contribution in [3.63, 3.8) is 0 Å². The number of hydrogen-bond acceptors (Lipinski definition) is 1. The minimum atomic E-state index is 0. The van der Waals surface area contributed by atoms with Gasteiger partial charge in [0, 0.05) is 21.2 Å². The smallest absolute Gasteiger partial charge is 0.257 e. The van der Waals surface area contributed by atoms with Gasteiger partial charge in [0.2, 0.25) is 5.78 Å². The summed E-state index contributed by atoms with van der Waals surface area (Å²) in [6, 6.07) is 14.9. The Labute approximate surface area is 172 Å². The molecule has 1 aliphatic heterocycles. The Kier molecular flexibility index (Phi) is 5.86. The molecular weight excluding hydrogens is 435 g/mol. The van der Waals surface area contributed by atoms with Gasteiger partial charge in [-0.05, 0) is 55.0 Å². The summed E-state index contributed by atoms with van der Waals surface area (Å²) in [5, 5.41) is 1.36. The first-order valence-electron chi connectivity index (χ1n) is 8.28. The van der Waals surface area contributed by atoms with Crippen molar-refractivity contribution in [3.05, 3.63) is 76.2 Å². The van der Waals surface area contributed by atoms with E-state index in [1.54, 1.807) is 24.3 Å². The topological polar surface area (TPSA) is 25.9 Å². The van der Waals surface area contributed by atoms with Crippen molar-refractivity contribution in [2.75, 3.05) is 0 Å². The summed E-state index contributed by atoms with van der Waals surface area (Å²) in [5.41, 5.74) is 2.93. The van der Waals surface area contributed by atoms with E-state index in [1.165, 1.54) is 5.82 Å². The van der Waals surface area contributed by atoms with E-state index >= 15 is 0 Å². The Morgan fingerprint density at radius 1 is 1.00 bits per heavy atom. The lowest BCUT2D eigenvalue weighted by Gasteiger charge is -2.00. The van der Waals surface area contributed by atoms with Crippen LogP contribution in [0.15, 0.2) is 54.7 Å². The van der Waals surface area contributed by atoms with Gasteiger partial charge in [0.15, 0.2) is 12.2 Å². The van der Waals surface area contributed by atoms with Crippen molar-refractivity contribution in [1.29, 1.82) is 0 Å². The van der Waals surface area contributed by atoms with Crippen LogP contribution in [0, 0.1) is 0 Å². The molecule has 3 aromatic rings. The van der Waals surface area contributed by atoms with Crippen molar-refractivity contribution in [3.8, 4) is 11.3 Å². The van der Waals surface area contributed by atoms with E-state index in [2.05, 4.69) is 15.3 Å². The van der Waals surface area contributed by atoms with Gasteiger partial charge in [0.05, 0.1) is 13.0 Å². The standard InChI is InChI=1S/C20H17Cl2N2O.BrH/c21-16-7-3-14(4-8-16)18-12-23(20-2-1-11-24(18)20)13-19(25)15-5-9-17(22)10-6-15;/h3-10,12H,1-2,11,13H2;1H/q+1;/p-1. The number of fused-ring (bicyclic) bond motifs is 1. The van der Waals surface area contributed by atoms with Crippen molar-refractivity contribution < 1.29 is 26.3 Å². The van der Waals surface area contributed by atoms with Gasteiger partial charge in [-0.15, -0.1) is 0 Å². The second-order valence-electron chi connectivity index (χ2n) is 6.25. The number of benzene rings is 2. The summed E-state index contributed by atoms with van der Waals surface area (Å²) in [4.78, 5) is 12.6. The summed E-state index contributed by atoms with van der Waals surface area (Å²) >= 11 is 11.9. The lowest BCUT2D eigenvalue weighted by molar-refractivity contribution is -0.689. The van der Waals surface area contributed by atoms with Gasteiger partial charge in [-0.25, -0.2) is 9.13 Å². The van der Waals surface area contributed by atoms with Crippen molar-refractivity contribution in [1.82, 2.24) is 4.57 Å². The fraction of sp³-hybridized carbons (Fsp3) is 0.200. The zero-order valence-electron chi connectivity index (χ0n) is 14.0. The molecule has 2 heterocycles. The molecule has 6 heteroatoms. The van der Waals surface area contributed by atoms with Crippen LogP contribution >= 0.6 is 23.2 Å². The minimum absolute atomic E-state index is 0. The van der Waals surface area contributed by atoms with Gasteiger partial charge in [0.25, 0.3) is 5.82 Å². The number of imidazole rings is 1. The normalized spacial score (nSPS) is 12.5. The molecule has 0 radical (unpaired) electrons. The van der Waals surface area contributed by atoms with Gasteiger partial charge in [-0.3, -0.25) is 4.79 Å². The van der Waals surface area contributed by atoms with Gasteiger partial charge in [0.1, 0.15) is 6.20 Å². The Bertz CT molecular complexity index is 934. The molecule has 0 atom stereocenters. The molecule has 4 rings (SSSR count). The van der Waals surface area contributed by atoms with E-state index in [9.17, 15) is 4.79 Å². The first-order chi connectivity index (χ1) is 12.1. The average Bonchev–Trinajstić information content (AvgIpc) is 3.20. The first kappa shape index (κ1) is 19.2. The van der Waals surface area contributed by atoms with Gasteiger partial charge in [-0.1, -0.05) is 23.2 Å². The number of carbonyl (C=O) groups is 1. The number of nitrogens with zero attached hydrogens (tertiary/aromatic N) is 2. The van der Waals surface area contributed by atoms with E-state index in [4.69, 9.17) is 23.2 Å². The van der Waals surface area contributed by atoms with Crippen LogP contribution < -0.4 is 21.5 Å². The number of Topliss-reactive ketones (excluding diaryl/α,β-unsaturated/α-hetero) is 1. The molecule has 0 fully saturated rings. The maximum absolute atomic E-state index is 12.6. The highest BCUT2D eigenvalue weighted by molar-refractivity contribution is 6.30. The van der Waals surface area contributed by atoms with Crippen molar-refractivity contribution in [2.24, 2.45) is 0 Å². The van der Waals surface area contributed by atoms with E-state index in [-0.39, 0.29) is 22.8 Å². The fourth-order valence-electron chi connectivity index (χ4n) is 3.38. The predicted molar refractivity (Wildman–Crippen MR) is 99.2 cm³/mol. The first-order valence-corrected chi connectivity index (χ1v) is 9.04. The third-order valence-corrected chi connectivity index (χ3v) is 5.12. The van der Waals surface area contributed by atoms with E-state index in [0.29, 0.717) is 17.1 Å². The molecule has 134 valence electrons. The predicted octanol–water partition coefficient (Wildman–Crippen LogP) is 1.58. The zero-order valence-corrected chi connectivity index (χ0v) is 17.1. The number of ketones is 1. The summed E-state index contributed by atoms with van der Waals surface area (Å²) in [6.45, 7) is 1.32. The van der Waals surface area contributed by atoms with Gasteiger partial charge < -0.3 is 17.0 Å². The van der Waals surface area contributed by atoms with E-state index in [0.717, 1.165) is 35.7 Å². The maximum Gasteiger partial charge on any atom is 0.257 e. The lowest BCUT2D eigenvalue weighted by Crippen LogP contribution is -3.00. The Balaban J connectivity index is 0.00000196. The SMILES string of the molecule is O=C(C[n+]1cc(-c2ccc(Cl)cc2)n2c1CCC2)c1ccc(Cl)cc1.[Br-]. The molecule has 0 aliphatic carbocycles. The molecule has 3 nitrogen and oxygen atoms in total. The largest absolute Gasteiger partial charge is 1.00 e. The third-order valence-electron chi connectivity index (χ3n) is 4.61. The molecule has 26 heavy (non-hydrogen) atoms. The van der Waals surface area contributed by atoms with Crippen LogP contribution in [0.25, 0.3) is 11.3 Å². The van der Waals surface area contributed by atoms with E-state index < -0.39 is 0 Å². The monoisotopic (exact) mass is 450 g/mol. The number of carbonyl (C=O) groups excluding carboxylic acids is 1. The van der Waals surface area contributed by atoms with Gasteiger partial charge in [-0.2, -0.15) is 0 Å². The van der Waals surface area contributed by atoms with Crippen molar-refractivity contribution >= 4 is 29.0 Å². The highest BCUT2D eigenvalue weighted by Crippen LogP contribution is 2.26. The van der Waals surface area contributed by atoms with Crippen LogP contribution in [-0.2, 0) is 19.5 Å². The highest BCUT2D eigenvalue weighted by Gasteiger charge is 2.29. The van der Waals surface area contributed by atoms with E-state index in [1.807, 2.05) is 24.3 Å². The molecule has 0 unspecified atom stereocenters. The molecular formula is C20H17BrCl2N2O. The second kappa shape index (κ2) is 7.95. The molecule has 2 aromatic carbocycles. The maximum atomic E-state index is 12.6. The highest BCUT2D eigenvalue weighted by atomic mass is 79.9. The third kappa shape index (κ3) is 3.73.